The van der Waals surface area contributed by atoms with Crippen molar-refractivity contribution in [1.29, 1.82) is 0 Å². The fraction of sp³-hybridized carbons (Fsp3) is 0.750. The van der Waals surface area contributed by atoms with Gasteiger partial charge in [0.25, 0.3) is 0 Å². The largest absolute Gasteiger partial charge is 0.383 e. The molecule has 2 rings (SSSR count). The SMILES string of the molecule is COCC(C)n1ccnc1NC1(C)CCS(=O)(=O)C1. The van der Waals surface area contributed by atoms with Crippen LogP contribution in [0, 0.1) is 0 Å². The number of hydrogen-bond donors (Lipinski definition) is 1. The van der Waals surface area contributed by atoms with E-state index >= 15 is 0 Å². The van der Waals surface area contributed by atoms with Gasteiger partial charge in [-0.2, -0.15) is 0 Å². The number of nitrogens with zero attached hydrogens (tertiary/aromatic N) is 2. The first-order valence-corrected chi connectivity index (χ1v) is 8.18. The Morgan fingerprint density at radius 2 is 2.37 bits per heavy atom. The average molecular weight is 287 g/mol. The molecule has 1 aromatic heterocycles. The van der Waals surface area contributed by atoms with Gasteiger partial charge in [-0.05, 0) is 20.3 Å². The highest BCUT2D eigenvalue weighted by molar-refractivity contribution is 7.91. The van der Waals surface area contributed by atoms with E-state index < -0.39 is 15.4 Å². The maximum atomic E-state index is 11.6. The molecule has 1 aliphatic rings. The van der Waals surface area contributed by atoms with Crippen molar-refractivity contribution in [3.63, 3.8) is 0 Å². The van der Waals surface area contributed by atoms with E-state index in [1.165, 1.54) is 0 Å². The van der Waals surface area contributed by atoms with Crippen LogP contribution in [-0.2, 0) is 14.6 Å². The van der Waals surface area contributed by atoms with Crippen molar-refractivity contribution in [2.24, 2.45) is 0 Å². The van der Waals surface area contributed by atoms with Crippen molar-refractivity contribution < 1.29 is 13.2 Å². The van der Waals surface area contributed by atoms with E-state index in [0.717, 1.165) is 0 Å². The van der Waals surface area contributed by atoms with Crippen molar-refractivity contribution in [1.82, 2.24) is 9.55 Å². The topological polar surface area (TPSA) is 73.2 Å². The Balaban J connectivity index is 2.14. The van der Waals surface area contributed by atoms with Crippen LogP contribution in [0.1, 0.15) is 26.3 Å². The summed E-state index contributed by atoms with van der Waals surface area (Å²) in [5.41, 5.74) is -0.436. The molecule has 19 heavy (non-hydrogen) atoms. The van der Waals surface area contributed by atoms with Gasteiger partial charge in [-0.1, -0.05) is 0 Å². The second-order valence-electron chi connectivity index (χ2n) is 5.49. The Hall–Kier alpha value is -1.08. The fourth-order valence-electron chi connectivity index (χ4n) is 2.47. The van der Waals surface area contributed by atoms with Crippen LogP contribution in [0.25, 0.3) is 0 Å². The van der Waals surface area contributed by atoms with Crippen LogP contribution in [0.3, 0.4) is 0 Å². The summed E-state index contributed by atoms with van der Waals surface area (Å²) in [7, 11) is -1.27. The zero-order valence-electron chi connectivity index (χ0n) is 11.6. The Kier molecular flexibility index (Phi) is 3.87. The Morgan fingerprint density at radius 3 is 2.95 bits per heavy atom. The Morgan fingerprint density at radius 1 is 1.63 bits per heavy atom. The molecule has 0 amide bonds. The number of ether oxygens (including phenoxy) is 1. The minimum atomic E-state index is -2.92. The lowest BCUT2D eigenvalue weighted by Gasteiger charge is -2.26. The van der Waals surface area contributed by atoms with Crippen molar-refractivity contribution in [2.75, 3.05) is 30.5 Å². The van der Waals surface area contributed by atoms with Gasteiger partial charge < -0.3 is 14.6 Å². The molecule has 1 fully saturated rings. The predicted molar refractivity (Wildman–Crippen MR) is 74.1 cm³/mol. The monoisotopic (exact) mass is 287 g/mol. The van der Waals surface area contributed by atoms with Gasteiger partial charge in [0.1, 0.15) is 0 Å². The summed E-state index contributed by atoms with van der Waals surface area (Å²) in [5.74, 6) is 1.10. The minimum absolute atomic E-state index is 0.150. The van der Waals surface area contributed by atoms with E-state index in [9.17, 15) is 8.42 Å². The molecule has 2 unspecified atom stereocenters. The predicted octanol–water partition coefficient (Wildman–Crippen LogP) is 1.08. The zero-order valence-corrected chi connectivity index (χ0v) is 12.4. The lowest BCUT2D eigenvalue weighted by molar-refractivity contribution is 0.163. The van der Waals surface area contributed by atoms with E-state index in [2.05, 4.69) is 10.3 Å². The molecular formula is C12H21N3O3S. The summed E-state index contributed by atoms with van der Waals surface area (Å²) in [6.45, 7) is 4.54. The van der Waals surface area contributed by atoms with E-state index in [1.54, 1.807) is 13.3 Å². The van der Waals surface area contributed by atoms with Crippen LogP contribution in [0.5, 0.6) is 0 Å². The molecule has 2 atom stereocenters. The van der Waals surface area contributed by atoms with Crippen molar-refractivity contribution >= 4 is 15.8 Å². The molecule has 1 aliphatic heterocycles. The highest BCUT2D eigenvalue weighted by Gasteiger charge is 2.39. The number of methoxy groups -OCH3 is 1. The van der Waals surface area contributed by atoms with E-state index in [4.69, 9.17) is 4.74 Å². The second kappa shape index (κ2) is 5.13. The van der Waals surface area contributed by atoms with Gasteiger partial charge in [0.15, 0.2) is 9.84 Å². The van der Waals surface area contributed by atoms with E-state index in [-0.39, 0.29) is 17.5 Å². The third-order valence-electron chi connectivity index (χ3n) is 3.47. The molecule has 1 N–H and O–H groups in total. The van der Waals surface area contributed by atoms with Gasteiger partial charge in [-0.25, -0.2) is 13.4 Å². The van der Waals surface area contributed by atoms with Crippen LogP contribution in [0.2, 0.25) is 0 Å². The number of nitrogens with one attached hydrogen (secondary N) is 1. The summed E-state index contributed by atoms with van der Waals surface area (Å²) < 4.78 is 30.3. The standard InChI is InChI=1S/C12H21N3O3S/c1-10(8-18-3)15-6-5-13-11(15)14-12(2)4-7-19(16,17)9-12/h5-6,10H,4,7-9H2,1-3H3,(H,13,14). The van der Waals surface area contributed by atoms with E-state index in [0.29, 0.717) is 19.0 Å². The van der Waals surface area contributed by atoms with Crippen LogP contribution >= 0.6 is 0 Å². The number of rotatable bonds is 5. The molecule has 0 aliphatic carbocycles. The second-order valence-corrected chi connectivity index (χ2v) is 7.67. The summed E-state index contributed by atoms with van der Waals surface area (Å²) in [4.78, 5) is 4.28. The normalized spacial score (nSPS) is 27.3. The quantitative estimate of drug-likeness (QED) is 0.877. The molecule has 0 saturated carbocycles. The third kappa shape index (κ3) is 3.27. The molecule has 0 bridgehead atoms. The maximum absolute atomic E-state index is 11.6. The van der Waals surface area contributed by atoms with Gasteiger partial charge in [0.2, 0.25) is 5.95 Å². The molecular weight excluding hydrogens is 266 g/mol. The lowest BCUT2D eigenvalue weighted by atomic mass is 10.0. The molecule has 7 heteroatoms. The zero-order chi connectivity index (χ0) is 14.1. The maximum Gasteiger partial charge on any atom is 0.203 e. The van der Waals surface area contributed by atoms with Crippen LogP contribution in [-0.4, -0.2) is 48.7 Å². The van der Waals surface area contributed by atoms with Crippen molar-refractivity contribution in [3.05, 3.63) is 12.4 Å². The highest BCUT2D eigenvalue weighted by atomic mass is 32.2. The number of sulfone groups is 1. The smallest absolute Gasteiger partial charge is 0.203 e. The van der Waals surface area contributed by atoms with Crippen LogP contribution < -0.4 is 5.32 Å². The number of aromatic nitrogens is 2. The summed E-state index contributed by atoms with van der Waals surface area (Å²) in [6, 6.07) is 0.150. The number of imidazole rings is 1. The Bertz CT molecular complexity index is 540. The van der Waals surface area contributed by atoms with Gasteiger partial charge in [0, 0.05) is 19.5 Å². The fourth-order valence-corrected chi connectivity index (χ4v) is 4.56. The minimum Gasteiger partial charge on any atom is -0.383 e. The first kappa shape index (κ1) is 14.3. The third-order valence-corrected chi connectivity index (χ3v) is 5.37. The van der Waals surface area contributed by atoms with E-state index in [1.807, 2.05) is 24.6 Å². The first-order valence-electron chi connectivity index (χ1n) is 6.36. The highest BCUT2D eigenvalue weighted by Crippen LogP contribution is 2.27. The summed E-state index contributed by atoms with van der Waals surface area (Å²) >= 11 is 0. The molecule has 6 nitrogen and oxygen atoms in total. The van der Waals surface area contributed by atoms with Crippen LogP contribution in [0.4, 0.5) is 5.95 Å². The van der Waals surface area contributed by atoms with Crippen molar-refractivity contribution in [3.8, 4) is 0 Å². The first-order chi connectivity index (χ1) is 8.85. The summed E-state index contributed by atoms with van der Waals surface area (Å²) in [6.07, 6.45) is 4.20. The molecule has 0 radical (unpaired) electrons. The van der Waals surface area contributed by atoms with Gasteiger partial charge in [-0.3, -0.25) is 0 Å². The van der Waals surface area contributed by atoms with Crippen molar-refractivity contribution in [2.45, 2.75) is 31.8 Å². The number of hydrogen-bond acceptors (Lipinski definition) is 5. The molecule has 2 heterocycles. The van der Waals surface area contributed by atoms with Gasteiger partial charge in [-0.15, -0.1) is 0 Å². The molecule has 0 spiro atoms. The lowest BCUT2D eigenvalue weighted by Crippen LogP contribution is -2.37. The molecule has 1 saturated heterocycles. The summed E-state index contributed by atoms with van der Waals surface area (Å²) in [5, 5.41) is 3.28. The Labute approximate surface area is 114 Å². The molecule has 108 valence electrons. The van der Waals surface area contributed by atoms with Crippen LogP contribution in [0.15, 0.2) is 12.4 Å². The average Bonchev–Trinajstić information content (AvgIpc) is 2.84. The molecule has 0 aromatic carbocycles. The van der Waals surface area contributed by atoms with Gasteiger partial charge >= 0.3 is 0 Å². The molecule has 1 aromatic rings. The number of anilines is 1. The van der Waals surface area contributed by atoms with Gasteiger partial charge in [0.05, 0.1) is 29.7 Å².